The van der Waals surface area contributed by atoms with Crippen LogP contribution >= 0.6 is 0 Å². The Balaban J connectivity index is 1.28. The van der Waals surface area contributed by atoms with E-state index < -0.39 is 24.0 Å². The lowest BCUT2D eigenvalue weighted by atomic mass is 9.80. The van der Waals surface area contributed by atoms with Crippen LogP contribution in [-0.2, 0) is 19.9 Å². The van der Waals surface area contributed by atoms with E-state index in [1.54, 1.807) is 39.0 Å². The number of nitrogens with zero attached hydrogens (tertiary/aromatic N) is 3. The van der Waals surface area contributed by atoms with Gasteiger partial charge in [0.1, 0.15) is 23.3 Å². The van der Waals surface area contributed by atoms with Crippen LogP contribution in [-0.4, -0.2) is 54.6 Å². The third-order valence-corrected chi connectivity index (χ3v) is 8.63. The van der Waals surface area contributed by atoms with E-state index in [0.717, 1.165) is 28.2 Å². The lowest BCUT2D eigenvalue weighted by Gasteiger charge is -2.37. The summed E-state index contributed by atoms with van der Waals surface area (Å²) in [6, 6.07) is 25.8. The summed E-state index contributed by atoms with van der Waals surface area (Å²) in [5.41, 5.74) is 1.98. The van der Waals surface area contributed by atoms with Crippen molar-refractivity contribution < 1.29 is 28.5 Å². The van der Waals surface area contributed by atoms with Gasteiger partial charge in [-0.15, -0.1) is 0 Å². The summed E-state index contributed by atoms with van der Waals surface area (Å²) in [6.45, 7) is 3.79. The quantitative estimate of drug-likeness (QED) is 0.163. The number of hydrazine groups is 1. The van der Waals surface area contributed by atoms with E-state index in [0.29, 0.717) is 18.7 Å². The number of aromatic nitrogens is 2. The van der Waals surface area contributed by atoms with E-state index in [4.69, 9.17) is 24.8 Å². The number of nitrogens with one attached hydrogen (secondary N) is 2. The molecule has 6 rings (SSSR count). The molecular weight excluding hydrogens is 600 g/mol. The molecule has 3 atom stereocenters. The van der Waals surface area contributed by atoms with Gasteiger partial charge in [0.25, 0.3) is 5.91 Å². The van der Waals surface area contributed by atoms with Crippen molar-refractivity contribution in [2.45, 2.75) is 50.9 Å². The number of imidazole rings is 1. The van der Waals surface area contributed by atoms with Gasteiger partial charge >= 0.3 is 0 Å². The van der Waals surface area contributed by atoms with Gasteiger partial charge in [0.15, 0.2) is 17.8 Å². The second-order valence-electron chi connectivity index (χ2n) is 11.9. The monoisotopic (exact) mass is 640 g/mol. The molecule has 2 aliphatic rings. The molecule has 0 aliphatic carbocycles. The molecule has 47 heavy (non-hydrogen) atoms. The van der Waals surface area contributed by atoms with Crippen molar-refractivity contribution in [2.24, 2.45) is 11.8 Å². The Hall–Kier alpha value is -4.91. The molecular formula is C35H40N6O6. The lowest BCUT2D eigenvalue weighted by Crippen LogP contribution is -2.65. The normalized spacial score (nSPS) is 19.3. The number of amides is 2. The Morgan fingerprint density at radius 2 is 1.57 bits per heavy atom. The van der Waals surface area contributed by atoms with Gasteiger partial charge in [-0.3, -0.25) is 19.2 Å². The standard InChI is InChI=1S/C35H40N6O6/c1-22(2)31(42)38-34-39-32(43)30-33(41(34)36)40(21-37-30)29-19-18-28(47-29)20-46-35(23-8-6-5-7-9-23,24-10-14-26(44-3)15-11-24)25-12-16-27(45-4)17-13-25/h5-17,21-22,28-29,34H,18-20,36H2,1-4H3,(H,38,42)(H,39,43)/t28-,29+,34?/m0/s1. The molecule has 2 aliphatic heterocycles. The molecule has 12 nitrogen and oxygen atoms in total. The van der Waals surface area contributed by atoms with Crippen LogP contribution in [0.4, 0.5) is 5.82 Å². The third kappa shape index (κ3) is 6.14. The minimum Gasteiger partial charge on any atom is -0.497 e. The first-order valence-corrected chi connectivity index (χ1v) is 15.6. The van der Waals surface area contributed by atoms with Crippen LogP contribution in [0.5, 0.6) is 11.5 Å². The van der Waals surface area contributed by atoms with E-state index in [1.807, 2.05) is 66.7 Å². The molecule has 4 N–H and O–H groups in total. The highest BCUT2D eigenvalue weighted by molar-refractivity contribution is 5.99. The maximum Gasteiger partial charge on any atom is 0.276 e. The summed E-state index contributed by atoms with van der Waals surface area (Å²) in [7, 11) is 3.28. The van der Waals surface area contributed by atoms with Crippen molar-refractivity contribution in [3.63, 3.8) is 0 Å². The van der Waals surface area contributed by atoms with Gasteiger partial charge in [-0.05, 0) is 53.8 Å². The van der Waals surface area contributed by atoms with Crippen molar-refractivity contribution >= 4 is 17.6 Å². The zero-order chi connectivity index (χ0) is 33.1. The van der Waals surface area contributed by atoms with Crippen molar-refractivity contribution in [3.8, 4) is 11.5 Å². The van der Waals surface area contributed by atoms with Crippen molar-refractivity contribution in [1.82, 2.24) is 20.2 Å². The summed E-state index contributed by atoms with van der Waals surface area (Å²) in [4.78, 5) is 29.6. The van der Waals surface area contributed by atoms with Gasteiger partial charge in [-0.25, -0.2) is 10.8 Å². The molecule has 2 amide bonds. The number of anilines is 1. The molecule has 1 fully saturated rings. The molecule has 1 aromatic heterocycles. The fourth-order valence-corrected chi connectivity index (χ4v) is 6.08. The van der Waals surface area contributed by atoms with Crippen LogP contribution in [0.1, 0.15) is 60.1 Å². The maximum absolute atomic E-state index is 12.9. The predicted molar refractivity (Wildman–Crippen MR) is 175 cm³/mol. The highest BCUT2D eigenvalue weighted by Gasteiger charge is 2.41. The van der Waals surface area contributed by atoms with Crippen molar-refractivity contribution in [1.29, 1.82) is 0 Å². The highest BCUT2D eigenvalue weighted by Crippen LogP contribution is 2.43. The molecule has 12 heteroatoms. The molecule has 0 spiro atoms. The van der Waals surface area contributed by atoms with Gasteiger partial charge < -0.3 is 29.6 Å². The maximum atomic E-state index is 12.9. The van der Waals surface area contributed by atoms with Crippen molar-refractivity contribution in [3.05, 3.63) is 108 Å². The molecule has 3 aromatic carbocycles. The van der Waals surface area contributed by atoms with E-state index in [-0.39, 0.29) is 30.2 Å². The van der Waals surface area contributed by atoms with Crippen LogP contribution in [0, 0.1) is 5.92 Å². The average molecular weight is 641 g/mol. The van der Waals surface area contributed by atoms with E-state index >= 15 is 0 Å². The zero-order valence-corrected chi connectivity index (χ0v) is 26.9. The minimum absolute atomic E-state index is 0.160. The number of benzene rings is 3. The van der Waals surface area contributed by atoms with Crippen LogP contribution in [0.15, 0.2) is 85.2 Å². The molecule has 1 unspecified atom stereocenters. The summed E-state index contributed by atoms with van der Waals surface area (Å²) in [6.07, 6.45) is 1.22. The summed E-state index contributed by atoms with van der Waals surface area (Å²) in [5.74, 6) is 7.33. The Morgan fingerprint density at radius 1 is 0.979 bits per heavy atom. The average Bonchev–Trinajstić information content (AvgIpc) is 3.76. The van der Waals surface area contributed by atoms with E-state index in [1.165, 1.54) is 5.01 Å². The predicted octanol–water partition coefficient (Wildman–Crippen LogP) is 4.07. The third-order valence-electron chi connectivity index (χ3n) is 8.63. The molecule has 0 radical (unpaired) electrons. The highest BCUT2D eigenvalue weighted by atomic mass is 16.6. The molecule has 4 aromatic rings. The number of rotatable bonds is 11. The molecule has 246 valence electrons. The first-order valence-electron chi connectivity index (χ1n) is 15.6. The van der Waals surface area contributed by atoms with Crippen LogP contribution < -0.4 is 31.0 Å². The van der Waals surface area contributed by atoms with Crippen LogP contribution in [0.25, 0.3) is 0 Å². The van der Waals surface area contributed by atoms with Gasteiger partial charge in [0.2, 0.25) is 5.91 Å². The van der Waals surface area contributed by atoms with Gasteiger partial charge in [-0.1, -0.05) is 68.4 Å². The van der Waals surface area contributed by atoms with Crippen molar-refractivity contribution in [2.75, 3.05) is 25.8 Å². The summed E-state index contributed by atoms with van der Waals surface area (Å²) in [5, 5.41) is 6.77. The largest absolute Gasteiger partial charge is 0.497 e. The number of methoxy groups -OCH3 is 2. The lowest BCUT2D eigenvalue weighted by molar-refractivity contribution is -0.124. The Morgan fingerprint density at radius 3 is 2.15 bits per heavy atom. The fraction of sp³-hybridized carbons (Fsp3) is 0.343. The van der Waals surface area contributed by atoms with Gasteiger partial charge in [0, 0.05) is 5.92 Å². The van der Waals surface area contributed by atoms with E-state index in [2.05, 4.69) is 27.8 Å². The number of nitrogens with two attached hydrogens (primary N) is 1. The SMILES string of the molecule is COc1ccc(C(OC[C@@H]2CC[C@H](n3cnc4c3N(N)C(NC(=O)C(C)C)NC4=O)O2)(c2ccccc2)c2ccc(OC)cc2)cc1. The topological polar surface area (TPSA) is 142 Å². The number of ether oxygens (including phenoxy) is 4. The zero-order valence-electron chi connectivity index (χ0n) is 26.9. The summed E-state index contributed by atoms with van der Waals surface area (Å²) >= 11 is 0. The fourth-order valence-electron chi connectivity index (χ4n) is 6.08. The Labute approximate surface area is 273 Å². The Bertz CT molecular complexity index is 1640. The molecule has 0 saturated carbocycles. The van der Waals surface area contributed by atoms with Gasteiger partial charge in [-0.2, -0.15) is 0 Å². The molecule has 1 saturated heterocycles. The summed E-state index contributed by atoms with van der Waals surface area (Å²) < 4.78 is 26.3. The van der Waals surface area contributed by atoms with Gasteiger partial charge in [0.05, 0.1) is 33.3 Å². The van der Waals surface area contributed by atoms with E-state index in [9.17, 15) is 9.59 Å². The molecule has 0 bridgehead atoms. The molecule has 3 heterocycles. The first-order chi connectivity index (χ1) is 22.7. The number of carbonyl (C=O) groups is 2. The number of hydrogen-bond acceptors (Lipinski definition) is 9. The minimum atomic E-state index is -0.983. The van der Waals surface area contributed by atoms with Crippen LogP contribution in [0.3, 0.4) is 0 Å². The first kappa shape index (κ1) is 32.0. The smallest absolute Gasteiger partial charge is 0.276 e. The number of fused-ring (bicyclic) bond motifs is 1. The number of carbonyl (C=O) groups excluding carboxylic acids is 2. The second-order valence-corrected chi connectivity index (χ2v) is 11.9. The number of hydrogen-bond donors (Lipinski definition) is 3. The van der Waals surface area contributed by atoms with Crippen LogP contribution in [0.2, 0.25) is 0 Å². The Kier molecular flexibility index (Phi) is 9.17. The second kappa shape index (κ2) is 13.4.